The number of methoxy groups -OCH3 is 1. The molecule has 5 aromatic rings. The Morgan fingerprint density at radius 2 is 1.84 bits per heavy atom. The summed E-state index contributed by atoms with van der Waals surface area (Å²) in [5.74, 6) is 2.76. The second-order valence-corrected chi connectivity index (χ2v) is 7.23. The fourth-order valence-electron chi connectivity index (χ4n) is 3.10. The quantitative estimate of drug-likeness (QED) is 0.402. The van der Waals surface area contributed by atoms with Gasteiger partial charge in [-0.2, -0.15) is 14.1 Å². The first kappa shape index (κ1) is 18.9. The molecule has 12 nitrogen and oxygen atoms in total. The van der Waals surface area contributed by atoms with E-state index in [4.69, 9.17) is 14.0 Å². The van der Waals surface area contributed by atoms with Crippen molar-refractivity contribution < 1.29 is 14.0 Å². The Morgan fingerprint density at radius 3 is 2.58 bits per heavy atom. The molecule has 5 rings (SSSR count). The van der Waals surface area contributed by atoms with E-state index in [2.05, 4.69) is 35.7 Å². The van der Waals surface area contributed by atoms with E-state index in [-0.39, 0.29) is 18.4 Å². The molecule has 0 aliphatic carbocycles. The fourth-order valence-corrected chi connectivity index (χ4v) is 3.10. The van der Waals surface area contributed by atoms with Crippen molar-refractivity contribution in [3.8, 4) is 23.1 Å². The molecule has 0 bridgehead atoms. The first-order valence-corrected chi connectivity index (χ1v) is 9.61. The van der Waals surface area contributed by atoms with Crippen molar-refractivity contribution in [1.82, 2.24) is 44.8 Å². The Morgan fingerprint density at radius 1 is 1.00 bits per heavy atom. The number of aryl methyl sites for hydroxylation is 1. The van der Waals surface area contributed by atoms with Crippen LogP contribution < -0.4 is 9.47 Å². The van der Waals surface area contributed by atoms with Crippen molar-refractivity contribution >= 4 is 11.3 Å². The maximum atomic E-state index is 5.94. The van der Waals surface area contributed by atoms with Gasteiger partial charge in [-0.15, -0.1) is 25.5 Å². The van der Waals surface area contributed by atoms with E-state index < -0.39 is 0 Å². The highest BCUT2D eigenvalue weighted by Crippen LogP contribution is 2.28. The number of aromatic nitrogens is 9. The van der Waals surface area contributed by atoms with Crippen LogP contribution in [0, 0.1) is 6.92 Å². The predicted octanol–water partition coefficient (Wildman–Crippen LogP) is 2.24. The molecular weight excluding hydrogens is 402 g/mol. The van der Waals surface area contributed by atoms with E-state index in [1.807, 2.05) is 26.0 Å². The average Bonchev–Trinajstić information content (AvgIpc) is 3.48. The summed E-state index contributed by atoms with van der Waals surface area (Å²) in [6.45, 7) is 6.05. The second kappa shape index (κ2) is 7.31. The molecule has 5 heterocycles. The first-order chi connectivity index (χ1) is 15.0. The lowest BCUT2D eigenvalue weighted by Gasteiger charge is -2.10. The maximum Gasteiger partial charge on any atom is 0.275 e. The second-order valence-electron chi connectivity index (χ2n) is 7.23. The molecule has 12 heteroatoms. The number of rotatable bonds is 6. The Hall–Kier alpha value is -4.09. The van der Waals surface area contributed by atoms with Gasteiger partial charge < -0.3 is 14.0 Å². The summed E-state index contributed by atoms with van der Waals surface area (Å²) in [6, 6.07) is 7.14. The molecule has 0 amide bonds. The molecular formula is C19H19N9O3. The number of hydrogen-bond donors (Lipinski definition) is 0. The SMILES string of the molecule is COc1cc2nnc(-c3cc(C)on3)n2nc1OCc1ccc2nnc(C(C)C)n2n1. The molecule has 0 aliphatic rings. The molecule has 0 aliphatic heterocycles. The van der Waals surface area contributed by atoms with Gasteiger partial charge in [0.15, 0.2) is 28.6 Å². The van der Waals surface area contributed by atoms with Crippen LogP contribution in [0.4, 0.5) is 0 Å². The van der Waals surface area contributed by atoms with Crippen LogP contribution in [0.25, 0.3) is 22.8 Å². The van der Waals surface area contributed by atoms with Gasteiger partial charge in [-0.05, 0) is 19.1 Å². The summed E-state index contributed by atoms with van der Waals surface area (Å²) in [7, 11) is 1.54. The molecule has 5 aromatic heterocycles. The zero-order valence-corrected chi connectivity index (χ0v) is 17.3. The summed E-state index contributed by atoms with van der Waals surface area (Å²) in [5, 5.41) is 29.7. The fraction of sp³-hybridized carbons (Fsp3) is 0.316. The van der Waals surface area contributed by atoms with Crippen LogP contribution in [0.2, 0.25) is 0 Å². The van der Waals surface area contributed by atoms with Crippen LogP contribution in [-0.4, -0.2) is 51.9 Å². The van der Waals surface area contributed by atoms with Crippen LogP contribution in [0.5, 0.6) is 11.6 Å². The number of hydrogen-bond acceptors (Lipinski definition) is 10. The van der Waals surface area contributed by atoms with Crippen molar-refractivity contribution in [3.05, 3.63) is 41.5 Å². The van der Waals surface area contributed by atoms with Gasteiger partial charge in [0.25, 0.3) is 5.88 Å². The summed E-state index contributed by atoms with van der Waals surface area (Å²) in [4.78, 5) is 0. The van der Waals surface area contributed by atoms with Crippen LogP contribution in [0.3, 0.4) is 0 Å². The van der Waals surface area contributed by atoms with Crippen molar-refractivity contribution in [1.29, 1.82) is 0 Å². The molecule has 0 fully saturated rings. The zero-order valence-electron chi connectivity index (χ0n) is 17.3. The summed E-state index contributed by atoms with van der Waals surface area (Å²) < 4.78 is 19.8. The van der Waals surface area contributed by atoms with Gasteiger partial charge in [0.1, 0.15) is 12.4 Å². The molecule has 158 valence electrons. The Balaban J connectivity index is 1.48. The van der Waals surface area contributed by atoms with Gasteiger partial charge in [0, 0.05) is 18.1 Å². The highest BCUT2D eigenvalue weighted by Gasteiger charge is 2.18. The molecule has 0 N–H and O–H groups in total. The highest BCUT2D eigenvalue weighted by atomic mass is 16.5. The highest BCUT2D eigenvalue weighted by molar-refractivity contribution is 5.56. The third-order valence-corrected chi connectivity index (χ3v) is 4.62. The summed E-state index contributed by atoms with van der Waals surface area (Å²) >= 11 is 0. The summed E-state index contributed by atoms with van der Waals surface area (Å²) in [6.07, 6.45) is 0. The largest absolute Gasteiger partial charge is 0.491 e. The van der Waals surface area contributed by atoms with Gasteiger partial charge in [-0.3, -0.25) is 0 Å². The molecule has 0 atom stereocenters. The van der Waals surface area contributed by atoms with Crippen molar-refractivity contribution in [3.63, 3.8) is 0 Å². The van der Waals surface area contributed by atoms with Gasteiger partial charge in [0.2, 0.25) is 5.82 Å². The van der Waals surface area contributed by atoms with E-state index in [0.717, 1.165) is 5.82 Å². The van der Waals surface area contributed by atoms with Crippen molar-refractivity contribution in [2.75, 3.05) is 7.11 Å². The minimum Gasteiger partial charge on any atom is -0.491 e. The minimum absolute atomic E-state index is 0.168. The molecule has 0 saturated heterocycles. The normalized spacial score (nSPS) is 11.6. The zero-order chi connectivity index (χ0) is 21.5. The van der Waals surface area contributed by atoms with E-state index in [9.17, 15) is 0 Å². The molecule has 0 saturated carbocycles. The van der Waals surface area contributed by atoms with E-state index in [1.54, 1.807) is 23.6 Å². The summed E-state index contributed by atoms with van der Waals surface area (Å²) in [5.41, 5.74) is 2.39. The van der Waals surface area contributed by atoms with Gasteiger partial charge >= 0.3 is 0 Å². The monoisotopic (exact) mass is 421 g/mol. The van der Waals surface area contributed by atoms with Crippen LogP contribution in [-0.2, 0) is 6.61 Å². The van der Waals surface area contributed by atoms with Gasteiger partial charge in [-0.25, -0.2) is 0 Å². The minimum atomic E-state index is 0.168. The van der Waals surface area contributed by atoms with Gasteiger partial charge in [-0.1, -0.05) is 19.0 Å². The Kier molecular flexibility index (Phi) is 4.46. The van der Waals surface area contributed by atoms with Crippen molar-refractivity contribution in [2.24, 2.45) is 0 Å². The van der Waals surface area contributed by atoms with Crippen LogP contribution in [0.15, 0.2) is 28.8 Å². The van der Waals surface area contributed by atoms with Gasteiger partial charge in [0.05, 0.1) is 12.8 Å². The molecule has 0 radical (unpaired) electrons. The number of fused-ring (bicyclic) bond motifs is 2. The lowest BCUT2D eigenvalue weighted by Crippen LogP contribution is -2.08. The van der Waals surface area contributed by atoms with Crippen LogP contribution >= 0.6 is 0 Å². The van der Waals surface area contributed by atoms with Crippen molar-refractivity contribution in [2.45, 2.75) is 33.3 Å². The predicted molar refractivity (Wildman–Crippen MR) is 107 cm³/mol. The Bertz CT molecular complexity index is 1390. The first-order valence-electron chi connectivity index (χ1n) is 9.61. The third kappa shape index (κ3) is 3.31. The number of ether oxygens (including phenoxy) is 2. The average molecular weight is 421 g/mol. The number of nitrogens with zero attached hydrogens (tertiary/aromatic N) is 9. The Labute approximate surface area is 175 Å². The van der Waals surface area contributed by atoms with E-state index in [0.29, 0.717) is 40.0 Å². The molecule has 0 spiro atoms. The maximum absolute atomic E-state index is 5.94. The lowest BCUT2D eigenvalue weighted by molar-refractivity contribution is 0.263. The third-order valence-electron chi connectivity index (χ3n) is 4.62. The topological polar surface area (TPSA) is 131 Å². The van der Waals surface area contributed by atoms with Crippen LogP contribution in [0.1, 0.15) is 37.0 Å². The standard InChI is InChI=1S/C19H19N9O3/c1-10(2)17-22-20-15-6-5-12(24-27(15)17)9-30-19-14(29-4)8-16-21-23-18(28(16)25-19)13-7-11(3)31-26-13/h5-8,10H,9H2,1-4H3. The molecule has 0 aromatic carbocycles. The lowest BCUT2D eigenvalue weighted by atomic mass is 10.2. The molecule has 31 heavy (non-hydrogen) atoms. The van der Waals surface area contributed by atoms with E-state index in [1.165, 1.54) is 11.6 Å². The molecule has 0 unspecified atom stereocenters. The smallest absolute Gasteiger partial charge is 0.275 e. The van der Waals surface area contributed by atoms with E-state index >= 15 is 0 Å².